The molecule has 1 saturated heterocycles. The highest BCUT2D eigenvalue weighted by Crippen LogP contribution is 2.35. The summed E-state index contributed by atoms with van der Waals surface area (Å²) >= 11 is 6.66. The summed E-state index contributed by atoms with van der Waals surface area (Å²) in [6.07, 6.45) is 5.14. The Bertz CT molecular complexity index is 1360. The first-order valence-electron chi connectivity index (χ1n) is 12.1. The molecule has 0 spiro atoms. The highest BCUT2D eigenvalue weighted by molar-refractivity contribution is 6.34. The van der Waals surface area contributed by atoms with Crippen molar-refractivity contribution in [3.63, 3.8) is 0 Å². The maximum atomic E-state index is 10.2. The second kappa shape index (κ2) is 10.0. The Morgan fingerprint density at radius 2 is 1.75 bits per heavy atom. The molecule has 3 heterocycles. The van der Waals surface area contributed by atoms with Gasteiger partial charge >= 0.3 is 0 Å². The van der Waals surface area contributed by atoms with E-state index in [9.17, 15) is 5.11 Å². The topological polar surface area (TPSA) is 83.4 Å². The molecule has 0 unspecified atom stereocenters. The lowest BCUT2D eigenvalue weighted by atomic mass is 10.0. The average Bonchev–Trinajstić information content (AvgIpc) is 2.90. The lowest BCUT2D eigenvalue weighted by molar-refractivity contribution is 0.0687. The van der Waals surface area contributed by atoms with Gasteiger partial charge in [0.15, 0.2) is 5.82 Å². The lowest BCUT2D eigenvalue weighted by Gasteiger charge is -2.29. The molecular formula is C28H30ClN5O2. The van der Waals surface area contributed by atoms with Crippen LogP contribution in [0.15, 0.2) is 61.1 Å². The van der Waals surface area contributed by atoms with E-state index in [0.717, 1.165) is 54.0 Å². The number of rotatable bonds is 6. The maximum absolute atomic E-state index is 10.2. The van der Waals surface area contributed by atoms with Crippen LogP contribution in [0.5, 0.6) is 0 Å². The molecule has 0 aliphatic carbocycles. The molecule has 4 aromatic rings. The number of nitrogens with one attached hydrogen (secondary N) is 1. The van der Waals surface area contributed by atoms with Gasteiger partial charge in [0.1, 0.15) is 5.60 Å². The molecule has 1 fully saturated rings. The molecular weight excluding hydrogens is 474 g/mol. The third-order valence-electron chi connectivity index (χ3n) is 6.46. The molecule has 2 N–H and O–H groups in total. The predicted octanol–water partition coefficient (Wildman–Crippen LogP) is 5.58. The summed E-state index contributed by atoms with van der Waals surface area (Å²) in [6.45, 7) is 8.77. The summed E-state index contributed by atoms with van der Waals surface area (Å²) in [4.78, 5) is 15.6. The SMILES string of the molecule is C[C@@H](Nc1c(Cl)cnc2ccc(-c3cnc(C(C)(C)O)nc3)cc12)c1cccc(N2CCOCC2)c1. The van der Waals surface area contributed by atoms with Crippen molar-refractivity contribution in [1.82, 2.24) is 15.0 Å². The van der Waals surface area contributed by atoms with Crippen LogP contribution in [-0.2, 0) is 10.3 Å². The van der Waals surface area contributed by atoms with Crippen molar-refractivity contribution < 1.29 is 9.84 Å². The van der Waals surface area contributed by atoms with Crippen molar-refractivity contribution in [1.29, 1.82) is 0 Å². The van der Waals surface area contributed by atoms with Crippen LogP contribution < -0.4 is 10.2 Å². The minimum absolute atomic E-state index is 0.0205. The summed E-state index contributed by atoms with van der Waals surface area (Å²) in [5.41, 5.74) is 4.75. The Kier molecular flexibility index (Phi) is 6.79. The number of aromatic nitrogens is 3. The molecule has 1 aliphatic heterocycles. The fraction of sp³-hybridized carbons (Fsp3) is 0.321. The lowest BCUT2D eigenvalue weighted by Crippen LogP contribution is -2.36. The molecule has 5 rings (SSSR count). The summed E-state index contributed by atoms with van der Waals surface area (Å²) in [6, 6.07) is 14.6. The second-order valence-corrected chi connectivity index (χ2v) is 10.0. The van der Waals surface area contributed by atoms with Crippen LogP contribution in [0.25, 0.3) is 22.0 Å². The summed E-state index contributed by atoms with van der Waals surface area (Å²) in [5, 5.41) is 15.3. The molecule has 0 radical (unpaired) electrons. The summed E-state index contributed by atoms with van der Waals surface area (Å²) in [7, 11) is 0. The third kappa shape index (κ3) is 5.14. The van der Waals surface area contributed by atoms with E-state index in [1.165, 1.54) is 11.3 Å². The van der Waals surface area contributed by atoms with Gasteiger partial charge in [0.25, 0.3) is 0 Å². The van der Waals surface area contributed by atoms with E-state index >= 15 is 0 Å². The molecule has 0 amide bonds. The van der Waals surface area contributed by atoms with Crippen molar-refractivity contribution in [2.24, 2.45) is 0 Å². The van der Waals surface area contributed by atoms with E-state index < -0.39 is 5.60 Å². The van der Waals surface area contributed by atoms with Gasteiger partial charge in [-0.05, 0) is 56.2 Å². The Labute approximate surface area is 216 Å². The molecule has 1 aliphatic rings. The first kappa shape index (κ1) is 24.4. The molecule has 2 aromatic heterocycles. The van der Waals surface area contributed by atoms with E-state index in [1.54, 1.807) is 32.4 Å². The van der Waals surface area contributed by atoms with Crippen LogP contribution >= 0.6 is 11.6 Å². The number of hydrogen-bond donors (Lipinski definition) is 2. The maximum Gasteiger partial charge on any atom is 0.159 e. The highest BCUT2D eigenvalue weighted by Gasteiger charge is 2.20. The van der Waals surface area contributed by atoms with Gasteiger partial charge in [0, 0.05) is 54.4 Å². The zero-order valence-electron chi connectivity index (χ0n) is 20.7. The number of aliphatic hydroxyl groups is 1. The van der Waals surface area contributed by atoms with Gasteiger partial charge in [0.2, 0.25) is 0 Å². The van der Waals surface area contributed by atoms with Crippen LogP contribution in [-0.4, -0.2) is 46.4 Å². The minimum Gasteiger partial charge on any atom is -0.382 e. The normalized spacial score (nSPS) is 15.2. The molecule has 7 nitrogen and oxygen atoms in total. The number of anilines is 2. The number of pyridine rings is 1. The number of ether oxygens (including phenoxy) is 1. The number of nitrogens with zero attached hydrogens (tertiary/aromatic N) is 4. The third-order valence-corrected chi connectivity index (χ3v) is 6.75. The van der Waals surface area contributed by atoms with E-state index in [-0.39, 0.29) is 6.04 Å². The number of morpholine rings is 1. The Hall–Kier alpha value is -3.26. The summed E-state index contributed by atoms with van der Waals surface area (Å²) < 4.78 is 5.50. The van der Waals surface area contributed by atoms with E-state index in [2.05, 4.69) is 62.4 Å². The van der Waals surface area contributed by atoms with Gasteiger partial charge in [-0.15, -0.1) is 0 Å². The summed E-state index contributed by atoms with van der Waals surface area (Å²) in [5.74, 6) is 0.382. The Morgan fingerprint density at radius 1 is 1.00 bits per heavy atom. The molecule has 8 heteroatoms. The quantitative estimate of drug-likeness (QED) is 0.355. The van der Waals surface area contributed by atoms with E-state index in [0.29, 0.717) is 10.8 Å². The van der Waals surface area contributed by atoms with Gasteiger partial charge in [0.05, 0.1) is 29.4 Å². The predicted molar refractivity (Wildman–Crippen MR) is 145 cm³/mol. The zero-order valence-corrected chi connectivity index (χ0v) is 21.5. The first-order valence-corrected chi connectivity index (χ1v) is 12.5. The standard InChI is InChI=1S/C28H30ClN5O2/c1-18(19-5-4-6-22(13-19)34-9-11-36-12-10-34)33-26-23-14-20(7-8-25(23)30-17-24(26)29)21-15-31-27(32-16-21)28(2,3)35/h4-8,13-18,35H,9-12H2,1-3H3,(H,30,33)/t18-/m1/s1. The van der Waals surface area contributed by atoms with Crippen LogP contribution in [0.4, 0.5) is 11.4 Å². The molecule has 1 atom stereocenters. The van der Waals surface area contributed by atoms with E-state index in [1.807, 2.05) is 12.1 Å². The van der Waals surface area contributed by atoms with Crippen molar-refractivity contribution in [2.75, 3.05) is 36.5 Å². The van der Waals surface area contributed by atoms with Crippen molar-refractivity contribution >= 4 is 33.9 Å². The second-order valence-electron chi connectivity index (χ2n) is 9.63. The van der Waals surface area contributed by atoms with Crippen molar-refractivity contribution in [3.05, 3.63) is 77.5 Å². The van der Waals surface area contributed by atoms with Gasteiger partial charge in [-0.25, -0.2) is 9.97 Å². The fourth-order valence-electron chi connectivity index (χ4n) is 4.40. The molecule has 36 heavy (non-hydrogen) atoms. The van der Waals surface area contributed by atoms with Crippen LogP contribution in [0, 0.1) is 0 Å². The molecule has 186 valence electrons. The molecule has 0 saturated carbocycles. The van der Waals surface area contributed by atoms with Gasteiger partial charge in [-0.3, -0.25) is 4.98 Å². The van der Waals surface area contributed by atoms with Gasteiger partial charge in [-0.2, -0.15) is 0 Å². The average molecular weight is 504 g/mol. The zero-order chi connectivity index (χ0) is 25.3. The Balaban J connectivity index is 1.45. The van der Waals surface area contributed by atoms with Crippen LogP contribution in [0.3, 0.4) is 0 Å². The number of benzene rings is 2. The van der Waals surface area contributed by atoms with Crippen LogP contribution in [0.1, 0.15) is 38.2 Å². The first-order chi connectivity index (χ1) is 17.3. The molecule has 2 aromatic carbocycles. The largest absolute Gasteiger partial charge is 0.382 e. The van der Waals surface area contributed by atoms with Crippen LogP contribution in [0.2, 0.25) is 5.02 Å². The van der Waals surface area contributed by atoms with Crippen molar-refractivity contribution in [3.8, 4) is 11.1 Å². The minimum atomic E-state index is -1.09. The molecule has 0 bridgehead atoms. The number of halogens is 1. The van der Waals surface area contributed by atoms with Gasteiger partial charge in [-0.1, -0.05) is 29.8 Å². The number of hydrogen-bond acceptors (Lipinski definition) is 7. The number of fused-ring (bicyclic) bond motifs is 1. The smallest absolute Gasteiger partial charge is 0.159 e. The fourth-order valence-corrected chi connectivity index (χ4v) is 4.60. The van der Waals surface area contributed by atoms with Gasteiger partial charge < -0.3 is 20.1 Å². The van der Waals surface area contributed by atoms with E-state index in [4.69, 9.17) is 16.3 Å². The van der Waals surface area contributed by atoms with Crippen molar-refractivity contribution in [2.45, 2.75) is 32.4 Å². The monoisotopic (exact) mass is 503 g/mol. The highest BCUT2D eigenvalue weighted by atomic mass is 35.5. The Morgan fingerprint density at radius 3 is 2.47 bits per heavy atom.